The lowest BCUT2D eigenvalue weighted by molar-refractivity contribution is 0.304. The fourth-order valence-corrected chi connectivity index (χ4v) is 4.28. The number of aromatic nitrogens is 2. The van der Waals surface area contributed by atoms with Crippen LogP contribution in [0.4, 0.5) is 5.82 Å². The van der Waals surface area contributed by atoms with Crippen LogP contribution in [-0.2, 0) is 13.1 Å². The SMILES string of the molecule is CCCCCCOc1cccc(CN)c1.CCCCCCOc1cccc(CNc2ncnc3ccccc23)c1. The molecule has 4 aromatic rings. The van der Waals surface area contributed by atoms with E-state index in [9.17, 15) is 0 Å². The van der Waals surface area contributed by atoms with Crippen molar-refractivity contribution in [2.75, 3.05) is 18.5 Å². The van der Waals surface area contributed by atoms with Crippen molar-refractivity contribution < 1.29 is 9.47 Å². The van der Waals surface area contributed by atoms with Crippen LogP contribution in [0, 0.1) is 0 Å². The van der Waals surface area contributed by atoms with E-state index in [0.29, 0.717) is 13.1 Å². The van der Waals surface area contributed by atoms with Gasteiger partial charge < -0.3 is 20.5 Å². The number of nitrogens with zero attached hydrogens (tertiary/aromatic N) is 2. The van der Waals surface area contributed by atoms with E-state index in [2.05, 4.69) is 41.3 Å². The van der Waals surface area contributed by atoms with E-state index in [4.69, 9.17) is 15.2 Å². The molecule has 0 fully saturated rings. The van der Waals surface area contributed by atoms with Gasteiger partial charge in [-0.3, -0.25) is 0 Å². The predicted octanol–water partition coefficient (Wildman–Crippen LogP) is 8.31. The number of benzene rings is 3. The normalized spacial score (nSPS) is 10.6. The number of unbranched alkanes of at least 4 members (excludes halogenated alkanes) is 6. The van der Waals surface area contributed by atoms with Crippen molar-refractivity contribution in [3.63, 3.8) is 0 Å². The molecule has 6 heteroatoms. The molecule has 0 bridgehead atoms. The minimum absolute atomic E-state index is 0.576. The minimum Gasteiger partial charge on any atom is -0.494 e. The lowest BCUT2D eigenvalue weighted by Crippen LogP contribution is -2.03. The number of hydrogen-bond acceptors (Lipinski definition) is 6. The molecule has 0 aliphatic rings. The van der Waals surface area contributed by atoms with Crippen molar-refractivity contribution in [2.24, 2.45) is 5.73 Å². The maximum absolute atomic E-state index is 5.86. The van der Waals surface area contributed by atoms with Gasteiger partial charge in [-0.15, -0.1) is 0 Å². The third-order valence-electron chi connectivity index (χ3n) is 6.57. The summed E-state index contributed by atoms with van der Waals surface area (Å²) < 4.78 is 11.5. The summed E-state index contributed by atoms with van der Waals surface area (Å²) in [6, 6.07) is 24.3. The summed E-state index contributed by atoms with van der Waals surface area (Å²) in [6.45, 7) is 7.31. The molecular formula is C34H46N4O2. The fraction of sp³-hybridized carbons (Fsp3) is 0.412. The van der Waals surface area contributed by atoms with E-state index in [1.54, 1.807) is 6.33 Å². The third-order valence-corrected chi connectivity index (χ3v) is 6.57. The largest absolute Gasteiger partial charge is 0.494 e. The van der Waals surface area contributed by atoms with Crippen LogP contribution in [0.1, 0.15) is 76.3 Å². The molecule has 0 amide bonds. The Morgan fingerprint density at radius 3 is 1.95 bits per heavy atom. The summed E-state index contributed by atoms with van der Waals surface area (Å²) in [4.78, 5) is 8.66. The Morgan fingerprint density at radius 2 is 1.30 bits per heavy atom. The van der Waals surface area contributed by atoms with E-state index >= 15 is 0 Å². The summed E-state index contributed by atoms with van der Waals surface area (Å²) in [6.07, 6.45) is 11.4. The summed E-state index contributed by atoms with van der Waals surface area (Å²) in [5.41, 5.74) is 8.81. The van der Waals surface area contributed by atoms with Gasteiger partial charge in [0, 0.05) is 18.5 Å². The molecule has 1 heterocycles. The number of para-hydroxylation sites is 1. The topological polar surface area (TPSA) is 82.3 Å². The summed E-state index contributed by atoms with van der Waals surface area (Å²) >= 11 is 0. The standard InChI is InChI=1S/C21H25N3O.C13H21NO/c1-2-3-4-7-13-25-18-10-8-9-17(14-18)15-22-21-19-11-5-6-12-20(19)23-16-24-21;1-2-3-4-5-9-15-13-8-6-7-12(10-13)11-14/h5-6,8-12,14,16H,2-4,7,13,15H2,1H3,(H,22,23,24);6-8,10H,2-5,9,11,14H2,1H3. The van der Waals surface area contributed by atoms with Crippen LogP contribution in [0.3, 0.4) is 0 Å². The third kappa shape index (κ3) is 11.2. The van der Waals surface area contributed by atoms with E-state index in [1.165, 1.54) is 44.1 Å². The van der Waals surface area contributed by atoms with Gasteiger partial charge in [0.15, 0.2) is 0 Å². The van der Waals surface area contributed by atoms with Crippen LogP contribution in [0.2, 0.25) is 0 Å². The Bertz CT molecular complexity index is 1240. The van der Waals surface area contributed by atoms with Crippen molar-refractivity contribution in [1.82, 2.24) is 9.97 Å². The number of nitrogens with one attached hydrogen (secondary N) is 1. The highest BCUT2D eigenvalue weighted by molar-refractivity contribution is 5.88. The second kappa shape index (κ2) is 18.6. The van der Waals surface area contributed by atoms with Crippen LogP contribution in [0.5, 0.6) is 11.5 Å². The first-order chi connectivity index (χ1) is 19.7. The van der Waals surface area contributed by atoms with Gasteiger partial charge in [0.1, 0.15) is 23.6 Å². The highest BCUT2D eigenvalue weighted by Gasteiger charge is 2.03. The summed E-state index contributed by atoms with van der Waals surface area (Å²) in [5, 5.41) is 4.44. The molecule has 40 heavy (non-hydrogen) atoms. The van der Waals surface area contributed by atoms with E-state index < -0.39 is 0 Å². The highest BCUT2D eigenvalue weighted by atomic mass is 16.5. The van der Waals surface area contributed by atoms with Crippen LogP contribution >= 0.6 is 0 Å². The molecule has 0 aliphatic carbocycles. The van der Waals surface area contributed by atoms with Crippen molar-refractivity contribution in [2.45, 2.75) is 78.3 Å². The predicted molar refractivity (Wildman–Crippen MR) is 167 cm³/mol. The molecule has 0 atom stereocenters. The molecule has 0 saturated carbocycles. The van der Waals surface area contributed by atoms with Crippen LogP contribution in [-0.4, -0.2) is 23.2 Å². The van der Waals surface area contributed by atoms with Gasteiger partial charge in [0.05, 0.1) is 18.7 Å². The minimum atomic E-state index is 0.576. The van der Waals surface area contributed by atoms with Gasteiger partial charge in [-0.1, -0.05) is 88.8 Å². The smallest absolute Gasteiger partial charge is 0.137 e. The number of rotatable bonds is 16. The fourth-order valence-electron chi connectivity index (χ4n) is 4.28. The first kappa shape index (κ1) is 30.9. The van der Waals surface area contributed by atoms with Crippen molar-refractivity contribution in [1.29, 1.82) is 0 Å². The molecule has 0 saturated heterocycles. The number of hydrogen-bond donors (Lipinski definition) is 2. The number of anilines is 1. The van der Waals surface area contributed by atoms with Gasteiger partial charge in [-0.05, 0) is 60.4 Å². The zero-order chi connectivity index (χ0) is 28.3. The maximum Gasteiger partial charge on any atom is 0.137 e. The second-order valence-electron chi connectivity index (χ2n) is 9.91. The Kier molecular flexibility index (Phi) is 14.4. The molecule has 214 valence electrons. The van der Waals surface area contributed by atoms with Crippen molar-refractivity contribution in [3.8, 4) is 11.5 Å². The van der Waals surface area contributed by atoms with Crippen LogP contribution in [0.15, 0.2) is 79.1 Å². The van der Waals surface area contributed by atoms with Gasteiger partial charge >= 0.3 is 0 Å². The average molecular weight is 543 g/mol. The maximum atomic E-state index is 5.86. The second-order valence-corrected chi connectivity index (χ2v) is 9.91. The molecule has 6 nitrogen and oxygen atoms in total. The van der Waals surface area contributed by atoms with Crippen LogP contribution < -0.4 is 20.5 Å². The zero-order valence-corrected chi connectivity index (χ0v) is 24.3. The molecular weight excluding hydrogens is 496 g/mol. The lowest BCUT2D eigenvalue weighted by atomic mass is 10.2. The van der Waals surface area contributed by atoms with Gasteiger partial charge in [-0.25, -0.2) is 9.97 Å². The Balaban J connectivity index is 0.000000252. The van der Waals surface area contributed by atoms with Gasteiger partial charge in [0.2, 0.25) is 0 Å². The van der Waals surface area contributed by atoms with Gasteiger partial charge in [0.25, 0.3) is 0 Å². The van der Waals surface area contributed by atoms with Crippen molar-refractivity contribution in [3.05, 3.63) is 90.3 Å². The number of nitrogens with two attached hydrogens (primary N) is 1. The quantitative estimate of drug-likeness (QED) is 0.139. The first-order valence-electron chi connectivity index (χ1n) is 14.8. The number of ether oxygens (including phenoxy) is 2. The Hall–Kier alpha value is -3.64. The molecule has 0 aliphatic heterocycles. The average Bonchev–Trinajstić information content (AvgIpc) is 3.00. The molecule has 0 unspecified atom stereocenters. The summed E-state index contributed by atoms with van der Waals surface area (Å²) in [7, 11) is 0. The molecule has 3 N–H and O–H groups in total. The Labute approximate surface area is 240 Å². The van der Waals surface area contributed by atoms with E-state index in [-0.39, 0.29) is 0 Å². The molecule has 4 rings (SSSR count). The van der Waals surface area contributed by atoms with Crippen LogP contribution in [0.25, 0.3) is 10.9 Å². The monoisotopic (exact) mass is 542 g/mol. The summed E-state index contributed by atoms with van der Waals surface area (Å²) in [5.74, 6) is 2.73. The molecule has 3 aromatic carbocycles. The number of fused-ring (bicyclic) bond motifs is 1. The molecule has 1 aromatic heterocycles. The Morgan fingerprint density at radius 1 is 0.675 bits per heavy atom. The first-order valence-corrected chi connectivity index (χ1v) is 14.8. The molecule has 0 spiro atoms. The zero-order valence-electron chi connectivity index (χ0n) is 24.3. The lowest BCUT2D eigenvalue weighted by Gasteiger charge is -2.10. The van der Waals surface area contributed by atoms with Crippen molar-refractivity contribution >= 4 is 16.7 Å². The highest BCUT2D eigenvalue weighted by Crippen LogP contribution is 2.20. The van der Waals surface area contributed by atoms with E-state index in [1.807, 2.05) is 60.7 Å². The van der Waals surface area contributed by atoms with Gasteiger partial charge in [-0.2, -0.15) is 0 Å². The molecule has 0 radical (unpaired) electrons. The van der Waals surface area contributed by atoms with E-state index in [0.717, 1.165) is 59.8 Å².